The van der Waals surface area contributed by atoms with Crippen LogP contribution in [0.2, 0.25) is 0 Å². The van der Waals surface area contributed by atoms with Gasteiger partial charge >= 0.3 is 0 Å². The molecule has 3 nitrogen and oxygen atoms in total. The lowest BCUT2D eigenvalue weighted by Crippen LogP contribution is -2.18. The molecule has 0 saturated heterocycles. The van der Waals surface area contributed by atoms with E-state index < -0.39 is 0 Å². The Labute approximate surface area is 117 Å². The highest BCUT2D eigenvalue weighted by molar-refractivity contribution is 5.52. The summed E-state index contributed by atoms with van der Waals surface area (Å²) in [6.45, 7) is 1.83. The van der Waals surface area contributed by atoms with E-state index in [0.29, 0.717) is 11.5 Å². The first-order valence-corrected chi connectivity index (χ1v) is 6.28. The zero-order valence-corrected chi connectivity index (χ0v) is 11.1. The van der Waals surface area contributed by atoms with Crippen LogP contribution in [0.1, 0.15) is 12.5 Å². The van der Waals surface area contributed by atoms with E-state index >= 15 is 0 Å². The summed E-state index contributed by atoms with van der Waals surface area (Å²) in [6, 6.07) is 13.2. The molecular weight excluding hydrogens is 257 g/mol. The molecule has 0 heterocycles. The minimum Gasteiger partial charge on any atom is -0.457 e. The van der Waals surface area contributed by atoms with Gasteiger partial charge in [0, 0.05) is 6.04 Å². The van der Waals surface area contributed by atoms with Crippen molar-refractivity contribution in [2.75, 3.05) is 0 Å². The van der Waals surface area contributed by atoms with Crippen LogP contribution >= 0.6 is 0 Å². The van der Waals surface area contributed by atoms with Gasteiger partial charge in [0.1, 0.15) is 17.3 Å². The number of benzene rings is 2. The third-order valence-corrected chi connectivity index (χ3v) is 2.69. The molecule has 0 bridgehead atoms. The van der Waals surface area contributed by atoms with E-state index in [1.807, 2.05) is 43.3 Å². The first-order valence-electron chi connectivity index (χ1n) is 6.28. The minimum absolute atomic E-state index is 0.128. The molecule has 0 unspecified atom stereocenters. The number of hydrogen-bond acceptors (Lipinski definition) is 3. The zero-order chi connectivity index (χ0) is 14.4. The van der Waals surface area contributed by atoms with Gasteiger partial charge in [0.05, 0.1) is 0 Å². The number of hydroxylamine groups is 1. The van der Waals surface area contributed by atoms with E-state index in [4.69, 9.17) is 9.94 Å². The van der Waals surface area contributed by atoms with E-state index in [1.165, 1.54) is 12.1 Å². The fourth-order valence-corrected chi connectivity index (χ4v) is 1.62. The highest BCUT2D eigenvalue weighted by atomic mass is 19.1. The predicted molar refractivity (Wildman–Crippen MR) is 76.3 cm³/mol. The first kappa shape index (κ1) is 14.2. The van der Waals surface area contributed by atoms with Crippen LogP contribution in [0.15, 0.2) is 54.6 Å². The van der Waals surface area contributed by atoms with Crippen molar-refractivity contribution < 1.29 is 14.3 Å². The predicted octanol–water partition coefficient (Wildman–Crippen LogP) is 4.00. The molecule has 0 amide bonds. The maximum atomic E-state index is 12.8. The molecule has 104 valence electrons. The Hall–Kier alpha value is -2.17. The normalized spacial score (nSPS) is 12.6. The van der Waals surface area contributed by atoms with Crippen LogP contribution in [-0.2, 0) is 0 Å². The van der Waals surface area contributed by atoms with E-state index in [-0.39, 0.29) is 11.9 Å². The lowest BCUT2D eigenvalue weighted by Gasteiger charge is -2.06. The molecule has 0 aliphatic carbocycles. The lowest BCUT2D eigenvalue weighted by atomic mass is 10.2. The number of ether oxygens (including phenoxy) is 1. The summed E-state index contributed by atoms with van der Waals surface area (Å²) in [6.07, 6.45) is 3.71. The van der Waals surface area contributed by atoms with Gasteiger partial charge in [0.25, 0.3) is 0 Å². The fourth-order valence-electron chi connectivity index (χ4n) is 1.62. The minimum atomic E-state index is -0.292. The molecule has 0 aromatic heterocycles. The first-order chi connectivity index (χ1) is 9.67. The molecular formula is C16H16FNO2. The smallest absolute Gasteiger partial charge is 0.128 e. The van der Waals surface area contributed by atoms with Crippen molar-refractivity contribution in [3.63, 3.8) is 0 Å². The summed E-state index contributed by atoms with van der Waals surface area (Å²) in [7, 11) is 0. The molecule has 4 heteroatoms. The van der Waals surface area contributed by atoms with Crippen molar-refractivity contribution in [1.29, 1.82) is 0 Å². The summed E-state index contributed by atoms with van der Waals surface area (Å²) in [5.74, 6) is 0.959. The van der Waals surface area contributed by atoms with Gasteiger partial charge in [-0.25, -0.2) is 4.39 Å². The van der Waals surface area contributed by atoms with Crippen molar-refractivity contribution in [3.05, 3.63) is 66.0 Å². The topological polar surface area (TPSA) is 41.5 Å². The quantitative estimate of drug-likeness (QED) is 0.809. The summed E-state index contributed by atoms with van der Waals surface area (Å²) in [5, 5.41) is 8.73. The van der Waals surface area contributed by atoms with Gasteiger partial charge < -0.3 is 9.94 Å². The maximum Gasteiger partial charge on any atom is 0.128 e. The van der Waals surface area contributed by atoms with Crippen LogP contribution in [0.5, 0.6) is 11.5 Å². The van der Waals surface area contributed by atoms with Crippen LogP contribution in [0.25, 0.3) is 6.08 Å². The van der Waals surface area contributed by atoms with Crippen LogP contribution in [0.3, 0.4) is 0 Å². The molecule has 2 rings (SSSR count). The van der Waals surface area contributed by atoms with E-state index in [2.05, 4.69) is 5.48 Å². The average molecular weight is 273 g/mol. The highest BCUT2D eigenvalue weighted by Crippen LogP contribution is 2.22. The summed E-state index contributed by atoms with van der Waals surface area (Å²) < 4.78 is 18.4. The van der Waals surface area contributed by atoms with Crippen molar-refractivity contribution >= 4 is 6.08 Å². The number of halogens is 1. The van der Waals surface area contributed by atoms with Gasteiger partial charge in [-0.3, -0.25) is 0 Å². The summed E-state index contributed by atoms with van der Waals surface area (Å²) in [4.78, 5) is 0. The summed E-state index contributed by atoms with van der Waals surface area (Å²) >= 11 is 0. The monoisotopic (exact) mass is 273 g/mol. The second-order valence-electron chi connectivity index (χ2n) is 4.41. The lowest BCUT2D eigenvalue weighted by molar-refractivity contribution is 0.150. The number of nitrogens with one attached hydrogen (secondary N) is 1. The molecule has 20 heavy (non-hydrogen) atoms. The van der Waals surface area contributed by atoms with Crippen molar-refractivity contribution in [3.8, 4) is 11.5 Å². The third-order valence-electron chi connectivity index (χ3n) is 2.69. The molecule has 2 N–H and O–H groups in total. The zero-order valence-electron chi connectivity index (χ0n) is 11.1. The highest BCUT2D eigenvalue weighted by Gasteiger charge is 1.99. The molecule has 0 aliphatic rings. The largest absolute Gasteiger partial charge is 0.457 e. The number of rotatable bonds is 5. The van der Waals surface area contributed by atoms with Gasteiger partial charge in [-0.15, -0.1) is 0 Å². The molecule has 0 saturated carbocycles. The van der Waals surface area contributed by atoms with E-state index in [0.717, 1.165) is 5.56 Å². The second-order valence-corrected chi connectivity index (χ2v) is 4.41. The molecule has 1 atom stereocenters. The Kier molecular flexibility index (Phi) is 4.87. The Morgan fingerprint density at radius 3 is 2.60 bits per heavy atom. The van der Waals surface area contributed by atoms with Gasteiger partial charge in [-0.2, -0.15) is 5.48 Å². The molecule has 0 fully saturated rings. The van der Waals surface area contributed by atoms with Crippen LogP contribution < -0.4 is 10.2 Å². The molecule has 0 radical (unpaired) electrons. The van der Waals surface area contributed by atoms with Gasteiger partial charge in [0.15, 0.2) is 0 Å². The fraction of sp³-hybridized carbons (Fsp3) is 0.125. The van der Waals surface area contributed by atoms with Crippen molar-refractivity contribution in [2.45, 2.75) is 13.0 Å². The Bertz CT molecular complexity index is 581. The average Bonchev–Trinajstić information content (AvgIpc) is 2.47. The third kappa shape index (κ3) is 4.19. The maximum absolute atomic E-state index is 12.8. The molecule has 0 aliphatic heterocycles. The van der Waals surface area contributed by atoms with Gasteiger partial charge in [0.2, 0.25) is 0 Å². The SMILES string of the molecule is C[C@H](C=Cc1cccc(Oc2ccc(F)cc2)c1)NO. The van der Waals surface area contributed by atoms with Crippen LogP contribution in [-0.4, -0.2) is 11.2 Å². The molecule has 2 aromatic rings. The molecule has 0 spiro atoms. The Balaban J connectivity index is 2.09. The second kappa shape index (κ2) is 6.84. The van der Waals surface area contributed by atoms with Gasteiger partial charge in [-0.1, -0.05) is 24.3 Å². The van der Waals surface area contributed by atoms with Crippen molar-refractivity contribution in [2.24, 2.45) is 0 Å². The van der Waals surface area contributed by atoms with Gasteiger partial charge in [-0.05, 0) is 48.9 Å². The Morgan fingerprint density at radius 1 is 1.15 bits per heavy atom. The van der Waals surface area contributed by atoms with Crippen LogP contribution in [0.4, 0.5) is 4.39 Å². The molecule has 2 aromatic carbocycles. The number of hydrogen-bond donors (Lipinski definition) is 2. The Morgan fingerprint density at radius 2 is 1.90 bits per heavy atom. The van der Waals surface area contributed by atoms with Crippen molar-refractivity contribution in [1.82, 2.24) is 5.48 Å². The standard InChI is InChI=1S/C16H16FNO2/c1-12(18-19)5-6-13-3-2-4-16(11-13)20-15-9-7-14(17)8-10-15/h2-12,18-19H,1H3/t12-/m1/s1. The van der Waals surface area contributed by atoms with E-state index in [9.17, 15) is 4.39 Å². The van der Waals surface area contributed by atoms with Crippen LogP contribution in [0, 0.1) is 5.82 Å². The summed E-state index contributed by atoms with van der Waals surface area (Å²) in [5.41, 5.74) is 3.09. The van der Waals surface area contributed by atoms with E-state index in [1.54, 1.807) is 12.1 Å².